The summed E-state index contributed by atoms with van der Waals surface area (Å²) in [5.41, 5.74) is -2.26. The minimum absolute atomic E-state index is 0.180. The number of ether oxygens (including phenoxy) is 1. The molecule has 0 saturated heterocycles. The fourth-order valence-corrected chi connectivity index (χ4v) is 2.04. The lowest BCUT2D eigenvalue weighted by Gasteiger charge is -2.06. The monoisotopic (exact) mass is 319 g/mol. The van der Waals surface area contributed by atoms with Gasteiger partial charge in [-0.1, -0.05) is 12.1 Å². The number of benzene rings is 2. The van der Waals surface area contributed by atoms with Crippen molar-refractivity contribution in [3.8, 4) is 16.9 Å². The topological polar surface area (TPSA) is 139 Å². The SMILES string of the molecule is COc1ccc(-c2c([N+](=O)[O-])cc([N+](=O)[O-])cc2[N+](=O)[O-])cc1. The van der Waals surface area contributed by atoms with Crippen molar-refractivity contribution in [2.24, 2.45) is 0 Å². The summed E-state index contributed by atoms with van der Waals surface area (Å²) in [6.45, 7) is 0. The average Bonchev–Trinajstić information content (AvgIpc) is 2.53. The first-order chi connectivity index (χ1) is 10.8. The van der Waals surface area contributed by atoms with Gasteiger partial charge in [0.05, 0.1) is 34.0 Å². The molecule has 2 aromatic carbocycles. The van der Waals surface area contributed by atoms with Crippen LogP contribution in [0.25, 0.3) is 11.1 Å². The predicted molar refractivity (Wildman–Crippen MR) is 78.4 cm³/mol. The summed E-state index contributed by atoms with van der Waals surface area (Å²) in [6, 6.07) is 7.16. The first-order valence-electron chi connectivity index (χ1n) is 6.10. The molecule has 0 fully saturated rings. The number of nitro groups is 3. The molecule has 0 saturated carbocycles. The molecule has 23 heavy (non-hydrogen) atoms. The van der Waals surface area contributed by atoms with Crippen LogP contribution in [0.5, 0.6) is 5.75 Å². The Morgan fingerprint density at radius 2 is 1.30 bits per heavy atom. The molecule has 0 aliphatic rings. The van der Waals surface area contributed by atoms with Crippen LogP contribution >= 0.6 is 0 Å². The summed E-state index contributed by atoms with van der Waals surface area (Å²) < 4.78 is 4.95. The summed E-state index contributed by atoms with van der Waals surface area (Å²) >= 11 is 0. The van der Waals surface area contributed by atoms with Crippen LogP contribution in [0.4, 0.5) is 17.1 Å². The van der Waals surface area contributed by atoms with Gasteiger partial charge in [-0.05, 0) is 17.7 Å². The van der Waals surface area contributed by atoms with Crippen LogP contribution < -0.4 is 4.74 Å². The molecule has 10 heteroatoms. The van der Waals surface area contributed by atoms with Crippen LogP contribution in [0.3, 0.4) is 0 Å². The molecule has 0 aromatic heterocycles. The van der Waals surface area contributed by atoms with Gasteiger partial charge in [-0.3, -0.25) is 30.3 Å². The highest BCUT2D eigenvalue weighted by Gasteiger charge is 2.31. The van der Waals surface area contributed by atoms with E-state index in [9.17, 15) is 30.3 Å². The molecule has 0 unspecified atom stereocenters. The number of rotatable bonds is 5. The molecule has 0 N–H and O–H groups in total. The van der Waals surface area contributed by atoms with Crippen molar-refractivity contribution in [1.29, 1.82) is 0 Å². The smallest absolute Gasteiger partial charge is 0.291 e. The van der Waals surface area contributed by atoms with Gasteiger partial charge in [-0.15, -0.1) is 0 Å². The average molecular weight is 319 g/mol. The quantitative estimate of drug-likeness (QED) is 0.609. The van der Waals surface area contributed by atoms with E-state index in [0.717, 1.165) is 0 Å². The Kier molecular flexibility index (Phi) is 4.16. The number of methoxy groups -OCH3 is 1. The molecular weight excluding hydrogens is 310 g/mol. The maximum absolute atomic E-state index is 11.2. The summed E-state index contributed by atoms with van der Waals surface area (Å²) in [4.78, 5) is 30.5. The number of hydrogen-bond donors (Lipinski definition) is 0. The van der Waals surface area contributed by atoms with Gasteiger partial charge in [0.2, 0.25) is 0 Å². The zero-order valence-corrected chi connectivity index (χ0v) is 11.7. The van der Waals surface area contributed by atoms with Crippen molar-refractivity contribution in [2.45, 2.75) is 0 Å². The van der Waals surface area contributed by atoms with Gasteiger partial charge in [0.15, 0.2) is 0 Å². The Morgan fingerprint density at radius 1 is 0.826 bits per heavy atom. The maximum Gasteiger partial charge on any atom is 0.291 e. The van der Waals surface area contributed by atoms with Gasteiger partial charge < -0.3 is 4.74 Å². The number of hydrogen-bond acceptors (Lipinski definition) is 7. The Morgan fingerprint density at radius 3 is 1.65 bits per heavy atom. The van der Waals surface area contributed by atoms with Crippen LogP contribution in [0.15, 0.2) is 36.4 Å². The van der Waals surface area contributed by atoms with Crippen LogP contribution in [0.2, 0.25) is 0 Å². The van der Waals surface area contributed by atoms with Gasteiger partial charge in [-0.25, -0.2) is 0 Å². The fraction of sp³-hybridized carbons (Fsp3) is 0.0769. The molecule has 0 radical (unpaired) electrons. The normalized spacial score (nSPS) is 10.1. The summed E-state index contributed by atoms with van der Waals surface area (Å²) in [7, 11) is 1.42. The third kappa shape index (κ3) is 3.05. The van der Waals surface area contributed by atoms with Gasteiger partial charge in [0, 0.05) is 0 Å². The first kappa shape index (κ1) is 15.8. The second-order valence-corrected chi connectivity index (χ2v) is 4.36. The minimum atomic E-state index is -0.919. The summed E-state index contributed by atoms with van der Waals surface area (Å²) in [5, 5.41) is 33.2. The number of nitrogens with zero attached hydrogens (tertiary/aromatic N) is 3. The number of nitro benzene ring substituents is 3. The van der Waals surface area contributed by atoms with Crippen LogP contribution in [0.1, 0.15) is 0 Å². The summed E-state index contributed by atoms with van der Waals surface area (Å²) in [6.07, 6.45) is 0. The van der Waals surface area contributed by atoms with E-state index in [-0.39, 0.29) is 11.1 Å². The van der Waals surface area contributed by atoms with Gasteiger partial charge in [-0.2, -0.15) is 0 Å². The third-order valence-corrected chi connectivity index (χ3v) is 3.06. The van der Waals surface area contributed by atoms with E-state index in [4.69, 9.17) is 4.74 Å². The van der Waals surface area contributed by atoms with E-state index in [0.29, 0.717) is 17.9 Å². The largest absolute Gasteiger partial charge is 0.497 e. The standard InChI is InChI=1S/C13H9N3O7/c1-23-10-4-2-8(3-5-10)13-11(15(19)20)6-9(14(17)18)7-12(13)16(21)22/h2-7H,1H3. The Bertz CT molecular complexity index is 767. The molecule has 0 aliphatic heterocycles. The van der Waals surface area contributed by atoms with E-state index in [1.165, 1.54) is 31.4 Å². The van der Waals surface area contributed by atoms with Crippen LogP contribution in [-0.2, 0) is 0 Å². The Hall–Kier alpha value is -3.56. The Balaban J connectivity index is 2.79. The molecule has 0 spiro atoms. The van der Waals surface area contributed by atoms with Crippen LogP contribution in [-0.4, -0.2) is 21.9 Å². The zero-order valence-electron chi connectivity index (χ0n) is 11.7. The predicted octanol–water partition coefficient (Wildman–Crippen LogP) is 3.09. The van der Waals surface area contributed by atoms with Gasteiger partial charge >= 0.3 is 0 Å². The van der Waals surface area contributed by atoms with E-state index >= 15 is 0 Å². The molecule has 0 heterocycles. The molecular formula is C13H9N3O7. The van der Waals surface area contributed by atoms with Crippen molar-refractivity contribution in [1.82, 2.24) is 0 Å². The first-order valence-corrected chi connectivity index (χ1v) is 6.10. The molecule has 0 bridgehead atoms. The van der Waals surface area contributed by atoms with Crippen molar-refractivity contribution in [2.75, 3.05) is 7.11 Å². The van der Waals surface area contributed by atoms with E-state index < -0.39 is 31.8 Å². The molecule has 2 aromatic rings. The number of non-ortho nitro benzene ring substituents is 1. The molecule has 0 atom stereocenters. The maximum atomic E-state index is 11.2. The minimum Gasteiger partial charge on any atom is -0.497 e. The van der Waals surface area contributed by atoms with Crippen molar-refractivity contribution in [3.63, 3.8) is 0 Å². The second kappa shape index (κ2) is 6.05. The third-order valence-electron chi connectivity index (χ3n) is 3.06. The van der Waals surface area contributed by atoms with Crippen LogP contribution in [0, 0.1) is 30.3 Å². The highest BCUT2D eigenvalue weighted by Crippen LogP contribution is 2.41. The molecule has 2 rings (SSSR count). The lowest BCUT2D eigenvalue weighted by atomic mass is 10.0. The lowest BCUT2D eigenvalue weighted by molar-refractivity contribution is -0.402. The van der Waals surface area contributed by atoms with E-state index in [1.54, 1.807) is 0 Å². The molecule has 0 aliphatic carbocycles. The van der Waals surface area contributed by atoms with Crippen molar-refractivity contribution < 1.29 is 19.5 Å². The molecule has 10 nitrogen and oxygen atoms in total. The zero-order chi connectivity index (χ0) is 17.1. The fourth-order valence-electron chi connectivity index (χ4n) is 2.04. The van der Waals surface area contributed by atoms with Gasteiger partial charge in [0.1, 0.15) is 11.3 Å². The van der Waals surface area contributed by atoms with E-state index in [1.807, 2.05) is 0 Å². The van der Waals surface area contributed by atoms with E-state index in [2.05, 4.69) is 0 Å². The molecule has 118 valence electrons. The van der Waals surface area contributed by atoms with Crippen molar-refractivity contribution in [3.05, 3.63) is 66.7 Å². The lowest BCUT2D eigenvalue weighted by Crippen LogP contribution is -2.00. The highest BCUT2D eigenvalue weighted by molar-refractivity contribution is 5.84. The Labute approximate surface area is 128 Å². The van der Waals surface area contributed by atoms with Crippen molar-refractivity contribution >= 4 is 17.1 Å². The van der Waals surface area contributed by atoms with Gasteiger partial charge in [0.25, 0.3) is 17.1 Å². The second-order valence-electron chi connectivity index (χ2n) is 4.36. The highest BCUT2D eigenvalue weighted by atomic mass is 16.6. The summed E-state index contributed by atoms with van der Waals surface area (Å²) in [5.74, 6) is 0.459. The molecule has 0 amide bonds.